The van der Waals surface area contributed by atoms with Gasteiger partial charge in [-0.05, 0) is 46.5 Å². The van der Waals surface area contributed by atoms with E-state index in [1.807, 2.05) is 36.9 Å². The lowest BCUT2D eigenvalue weighted by Crippen LogP contribution is -2.51. The topological polar surface area (TPSA) is 153 Å². The minimum atomic E-state index is -0.975. The third-order valence-electron chi connectivity index (χ3n) is 7.78. The van der Waals surface area contributed by atoms with Crippen molar-refractivity contribution in [3.63, 3.8) is 0 Å². The fourth-order valence-corrected chi connectivity index (χ4v) is 6.19. The molecule has 0 aromatic carbocycles. The van der Waals surface area contributed by atoms with Crippen LogP contribution in [0, 0.1) is 12.7 Å². The molecule has 0 radical (unpaired) electrons. The number of rotatable bonds is 9. The Morgan fingerprint density at radius 1 is 1.26 bits per heavy atom. The summed E-state index contributed by atoms with van der Waals surface area (Å²) in [6.07, 6.45) is 6.53. The van der Waals surface area contributed by atoms with Gasteiger partial charge in [0.2, 0.25) is 5.13 Å². The molecule has 5 aromatic rings. The molecule has 0 unspecified atom stereocenters. The van der Waals surface area contributed by atoms with Crippen LogP contribution in [0.5, 0.6) is 0 Å². The molecule has 1 atom stereocenters. The molecule has 0 aliphatic heterocycles. The Bertz CT molecular complexity index is 1720. The largest absolute Gasteiger partial charge is 0.368 e. The van der Waals surface area contributed by atoms with Gasteiger partial charge in [0.1, 0.15) is 17.2 Å². The molecule has 6 rings (SSSR count). The van der Waals surface area contributed by atoms with E-state index in [2.05, 4.69) is 36.0 Å². The summed E-state index contributed by atoms with van der Waals surface area (Å²) >= 11 is 1.33. The van der Waals surface area contributed by atoms with Gasteiger partial charge in [-0.1, -0.05) is 0 Å². The highest BCUT2D eigenvalue weighted by molar-refractivity contribution is 7.12. The van der Waals surface area contributed by atoms with Crippen LogP contribution in [0.25, 0.3) is 16.2 Å². The van der Waals surface area contributed by atoms with Crippen LogP contribution < -0.4 is 10.6 Å². The van der Waals surface area contributed by atoms with Gasteiger partial charge in [0.25, 0.3) is 5.91 Å². The number of H-pyrrole nitrogens is 1. The van der Waals surface area contributed by atoms with Gasteiger partial charge in [-0.3, -0.25) is 9.89 Å². The van der Waals surface area contributed by atoms with Crippen LogP contribution in [0.1, 0.15) is 68.7 Å². The number of anilines is 2. The fraction of sp³-hybridized carbons (Fsp3) is 0.444. The molecular weight excluding hydrogens is 561 g/mol. The molecule has 220 valence electrons. The van der Waals surface area contributed by atoms with Gasteiger partial charge < -0.3 is 15.4 Å². The van der Waals surface area contributed by atoms with Crippen molar-refractivity contribution in [2.45, 2.75) is 70.6 Å². The van der Waals surface area contributed by atoms with Crippen LogP contribution in [0.4, 0.5) is 16.0 Å². The zero-order chi connectivity index (χ0) is 29.4. The number of amides is 1. The summed E-state index contributed by atoms with van der Waals surface area (Å²) in [5.74, 6) is 1.44. The Kier molecular flexibility index (Phi) is 7.45. The minimum absolute atomic E-state index is 0.0418. The van der Waals surface area contributed by atoms with Gasteiger partial charge in [0, 0.05) is 36.7 Å². The zero-order valence-corrected chi connectivity index (χ0v) is 24.6. The number of carbonyl (C=O) groups is 1. The summed E-state index contributed by atoms with van der Waals surface area (Å²) < 4.78 is 22.5. The number of hydrogen-bond donors (Lipinski definition) is 3. The van der Waals surface area contributed by atoms with Crippen molar-refractivity contribution in [1.82, 2.24) is 50.0 Å². The van der Waals surface area contributed by atoms with Crippen molar-refractivity contribution in [2.24, 2.45) is 0 Å². The second-order valence-electron chi connectivity index (χ2n) is 10.5. The number of nitrogens with zero attached hydrogens (tertiary/aromatic N) is 8. The highest BCUT2D eigenvalue weighted by Gasteiger charge is 2.43. The van der Waals surface area contributed by atoms with Gasteiger partial charge in [-0.2, -0.15) is 15.3 Å². The first-order valence-corrected chi connectivity index (χ1v) is 14.7. The smallest absolute Gasteiger partial charge is 0.252 e. The number of nitrogens with one attached hydrogen (secondary N) is 3. The number of methoxy groups -OCH3 is 1. The predicted octanol–water partition coefficient (Wildman–Crippen LogP) is 4.32. The van der Waals surface area contributed by atoms with Gasteiger partial charge >= 0.3 is 0 Å². The van der Waals surface area contributed by atoms with Crippen molar-refractivity contribution < 1.29 is 13.9 Å². The first-order chi connectivity index (χ1) is 20.3. The molecule has 1 aliphatic carbocycles. The third kappa shape index (κ3) is 5.25. The third-order valence-corrected chi connectivity index (χ3v) is 8.63. The van der Waals surface area contributed by atoms with Crippen LogP contribution >= 0.6 is 11.3 Å². The van der Waals surface area contributed by atoms with E-state index in [4.69, 9.17) is 14.7 Å². The number of carbonyl (C=O) groups excluding carboxylic acids is 1. The zero-order valence-electron chi connectivity index (χ0n) is 23.8. The second kappa shape index (κ2) is 11.2. The van der Waals surface area contributed by atoms with Gasteiger partial charge in [0.05, 0.1) is 35.7 Å². The van der Waals surface area contributed by atoms with E-state index in [-0.39, 0.29) is 17.9 Å². The van der Waals surface area contributed by atoms with E-state index in [0.717, 1.165) is 22.9 Å². The molecule has 1 aliphatic rings. The summed E-state index contributed by atoms with van der Waals surface area (Å²) in [6.45, 7) is 6.50. The maximum atomic E-state index is 13.6. The summed E-state index contributed by atoms with van der Waals surface area (Å²) in [5, 5.41) is 25.2. The Balaban J connectivity index is 1.17. The maximum Gasteiger partial charge on any atom is 0.252 e. The fourth-order valence-electron chi connectivity index (χ4n) is 5.34. The van der Waals surface area contributed by atoms with E-state index >= 15 is 0 Å². The second-order valence-corrected chi connectivity index (χ2v) is 11.4. The van der Waals surface area contributed by atoms with Crippen LogP contribution in [0.2, 0.25) is 0 Å². The summed E-state index contributed by atoms with van der Waals surface area (Å²) in [6, 6.07) is 1.54. The molecule has 0 bridgehead atoms. The number of ether oxygens (including phenoxy) is 1. The number of thiazole rings is 1. The molecule has 0 saturated heterocycles. The lowest BCUT2D eigenvalue weighted by atomic mass is 9.77. The molecule has 42 heavy (non-hydrogen) atoms. The number of aryl methyl sites for hydroxylation is 2. The Morgan fingerprint density at radius 3 is 2.74 bits per heavy atom. The molecule has 13 nitrogen and oxygen atoms in total. The average Bonchev–Trinajstić information content (AvgIpc) is 3.80. The number of aromatic nitrogens is 9. The minimum Gasteiger partial charge on any atom is -0.368 e. The van der Waals surface area contributed by atoms with Gasteiger partial charge in [-0.15, -0.1) is 11.3 Å². The molecular formula is C27H32FN11O2S. The molecule has 3 N–H and O–H groups in total. The molecule has 15 heteroatoms. The van der Waals surface area contributed by atoms with Gasteiger partial charge in [0.15, 0.2) is 17.3 Å². The Hall–Kier alpha value is -4.24. The van der Waals surface area contributed by atoms with Crippen molar-refractivity contribution in [1.29, 1.82) is 0 Å². The predicted molar refractivity (Wildman–Crippen MR) is 154 cm³/mol. The lowest BCUT2D eigenvalue weighted by molar-refractivity contribution is -0.148. The normalized spacial score (nSPS) is 19.7. The number of halogens is 1. The number of hydrogen-bond acceptors (Lipinski definition) is 10. The van der Waals surface area contributed by atoms with Crippen molar-refractivity contribution in [3.8, 4) is 5.13 Å². The first kappa shape index (κ1) is 27.9. The van der Waals surface area contributed by atoms with Crippen LogP contribution in [0.15, 0.2) is 30.0 Å². The Labute approximate surface area is 244 Å². The van der Waals surface area contributed by atoms with Crippen molar-refractivity contribution >= 4 is 39.9 Å². The van der Waals surface area contributed by atoms with E-state index in [0.29, 0.717) is 60.5 Å². The number of aromatic amines is 1. The standard InChI is InChI=1S/C27H32FN11O2S/c1-5-38-24-19(12-30-38)23(33-21-10-15(2)36-37-21)34-22(35-24)17-6-8-27(41-4,9-7-17)25(40)31-16(3)20-14-42-26(32-20)39-13-18(28)11-29-39/h10-14,16-17H,5-9H2,1-4H3,(H,31,40)(H2,33,34,35,36,37)/t16-,17-,27-/m0/s1. The molecule has 5 heterocycles. The van der Waals surface area contributed by atoms with E-state index in [1.165, 1.54) is 22.2 Å². The lowest BCUT2D eigenvalue weighted by Gasteiger charge is -2.38. The van der Waals surface area contributed by atoms with Crippen LogP contribution in [-0.2, 0) is 16.1 Å². The molecule has 1 fully saturated rings. The molecule has 1 saturated carbocycles. The average molecular weight is 594 g/mol. The van der Waals surface area contributed by atoms with E-state index in [9.17, 15) is 9.18 Å². The van der Waals surface area contributed by atoms with E-state index < -0.39 is 11.4 Å². The van der Waals surface area contributed by atoms with Crippen LogP contribution in [0.3, 0.4) is 0 Å². The molecule has 0 spiro atoms. The molecule has 1 amide bonds. The highest BCUT2D eigenvalue weighted by Crippen LogP contribution is 2.40. The van der Waals surface area contributed by atoms with Gasteiger partial charge in [-0.25, -0.2) is 28.7 Å². The quantitative estimate of drug-likeness (QED) is 0.227. The summed E-state index contributed by atoms with van der Waals surface area (Å²) in [4.78, 5) is 27.9. The monoisotopic (exact) mass is 593 g/mol. The summed E-state index contributed by atoms with van der Waals surface area (Å²) in [7, 11) is 1.58. The van der Waals surface area contributed by atoms with Crippen molar-refractivity contribution in [2.75, 3.05) is 12.4 Å². The highest BCUT2D eigenvalue weighted by atomic mass is 32.1. The van der Waals surface area contributed by atoms with E-state index in [1.54, 1.807) is 13.3 Å². The van der Waals surface area contributed by atoms with Crippen molar-refractivity contribution in [3.05, 3.63) is 53.1 Å². The first-order valence-electron chi connectivity index (χ1n) is 13.8. The Morgan fingerprint density at radius 2 is 2.07 bits per heavy atom. The SMILES string of the molecule is CCn1ncc2c(Nc3cc(C)[nH]n3)nc([C@H]3CC[C@@](OC)(C(=O)N[C@@H](C)c4csc(-n5cc(F)cn5)n4)CC3)nc21. The number of fused-ring (bicyclic) bond motifs is 1. The maximum absolute atomic E-state index is 13.6. The molecule has 5 aromatic heterocycles. The van der Waals surface area contributed by atoms with Crippen LogP contribution in [-0.4, -0.2) is 63.3 Å². The summed E-state index contributed by atoms with van der Waals surface area (Å²) in [5.41, 5.74) is 1.39.